The first-order valence-corrected chi connectivity index (χ1v) is 10.9. The number of carboxylic acids is 1. The molecule has 2 aromatic rings. The lowest BCUT2D eigenvalue weighted by molar-refractivity contribution is -0.137. The van der Waals surface area contributed by atoms with Gasteiger partial charge in [0.05, 0.1) is 6.42 Å². The van der Waals surface area contributed by atoms with Crippen molar-refractivity contribution in [2.45, 2.75) is 31.6 Å². The highest BCUT2D eigenvalue weighted by Gasteiger charge is 2.25. The summed E-state index contributed by atoms with van der Waals surface area (Å²) < 4.78 is 5.37. The number of nitrogens with zero attached hydrogens (tertiary/aromatic N) is 1. The van der Waals surface area contributed by atoms with Crippen LogP contribution >= 0.6 is 11.3 Å². The van der Waals surface area contributed by atoms with Crippen LogP contribution in [0.25, 0.3) is 0 Å². The first-order chi connectivity index (χ1) is 14.5. The molecule has 1 aromatic carbocycles. The summed E-state index contributed by atoms with van der Waals surface area (Å²) in [5.41, 5.74) is 0. The summed E-state index contributed by atoms with van der Waals surface area (Å²) in [5.74, 6) is -0.540. The third-order valence-electron chi connectivity index (χ3n) is 5.21. The van der Waals surface area contributed by atoms with Gasteiger partial charge in [-0.2, -0.15) is 0 Å². The highest BCUT2D eigenvalue weighted by molar-refractivity contribution is 7.10. The molecule has 0 saturated carbocycles. The van der Waals surface area contributed by atoms with E-state index in [1.54, 1.807) is 17.0 Å². The Morgan fingerprint density at radius 2 is 1.83 bits per heavy atom. The van der Waals surface area contributed by atoms with Crippen LogP contribution < -0.4 is 10.1 Å². The van der Waals surface area contributed by atoms with Crippen LogP contribution in [0.15, 0.2) is 47.8 Å². The molecule has 1 atom stereocenters. The van der Waals surface area contributed by atoms with Crippen molar-refractivity contribution in [2.24, 2.45) is 5.92 Å². The summed E-state index contributed by atoms with van der Waals surface area (Å²) in [4.78, 5) is 38.3. The van der Waals surface area contributed by atoms with E-state index < -0.39 is 5.97 Å². The Balaban J connectivity index is 1.40. The molecule has 8 heteroatoms. The summed E-state index contributed by atoms with van der Waals surface area (Å²) in [6.07, 6.45) is 1.32. The highest BCUT2D eigenvalue weighted by Crippen LogP contribution is 2.27. The minimum Gasteiger partial charge on any atom is -0.481 e. The van der Waals surface area contributed by atoms with Gasteiger partial charge in [-0.15, -0.1) is 11.3 Å². The first-order valence-electron chi connectivity index (χ1n) is 10.0. The lowest BCUT2D eigenvalue weighted by Gasteiger charge is -2.31. The lowest BCUT2D eigenvalue weighted by atomic mass is 9.96. The fourth-order valence-electron chi connectivity index (χ4n) is 3.54. The molecular formula is C22H26N2O5S. The molecule has 0 aliphatic carbocycles. The molecule has 0 unspecified atom stereocenters. The normalized spacial score (nSPS) is 15.4. The van der Waals surface area contributed by atoms with Crippen LogP contribution in [0.4, 0.5) is 4.79 Å². The van der Waals surface area contributed by atoms with E-state index in [9.17, 15) is 14.4 Å². The Bertz CT molecular complexity index is 832. The van der Waals surface area contributed by atoms with Gasteiger partial charge >= 0.3 is 12.1 Å². The number of hydrogen-bond acceptors (Lipinski definition) is 5. The number of carbonyl (C=O) groups excluding carboxylic acids is 2. The summed E-state index contributed by atoms with van der Waals surface area (Å²) in [7, 11) is 0. The summed E-state index contributed by atoms with van der Waals surface area (Å²) in [5, 5.41) is 14.0. The van der Waals surface area contributed by atoms with Gasteiger partial charge in [0, 0.05) is 36.9 Å². The van der Waals surface area contributed by atoms with E-state index in [4.69, 9.17) is 9.84 Å². The fraction of sp³-hybridized carbons (Fsp3) is 0.409. The maximum atomic E-state index is 12.4. The van der Waals surface area contributed by atoms with E-state index >= 15 is 0 Å². The number of para-hydroxylation sites is 1. The van der Waals surface area contributed by atoms with Crippen molar-refractivity contribution in [3.8, 4) is 5.75 Å². The molecule has 7 nitrogen and oxygen atoms in total. The van der Waals surface area contributed by atoms with Crippen LogP contribution in [0, 0.1) is 5.92 Å². The van der Waals surface area contributed by atoms with E-state index in [0.29, 0.717) is 25.4 Å². The van der Waals surface area contributed by atoms with E-state index in [1.807, 2.05) is 35.7 Å². The largest absolute Gasteiger partial charge is 0.481 e. The topological polar surface area (TPSA) is 95.9 Å². The zero-order valence-corrected chi connectivity index (χ0v) is 17.5. The molecule has 1 fully saturated rings. The number of hydrogen-bond donors (Lipinski definition) is 2. The number of carboxylic acid groups (broad SMARTS) is 1. The maximum Gasteiger partial charge on any atom is 0.415 e. The number of piperidine rings is 1. The zero-order valence-electron chi connectivity index (χ0n) is 16.7. The van der Waals surface area contributed by atoms with E-state index in [0.717, 1.165) is 17.7 Å². The molecule has 0 bridgehead atoms. The zero-order chi connectivity index (χ0) is 21.3. The second kappa shape index (κ2) is 10.8. The van der Waals surface area contributed by atoms with Crippen LogP contribution in [0.5, 0.6) is 5.75 Å². The Kier molecular flexibility index (Phi) is 7.84. The molecule has 2 N–H and O–H groups in total. The standard InChI is InChI=1S/C22H26N2O5S/c25-20(13-17(14-21(26)27)19-7-4-12-30-19)23-15-16-8-10-24(11-9-16)22(28)29-18-5-2-1-3-6-18/h1-7,12,16-17H,8-11,13-15H2,(H,23,25)(H,26,27)/t17-/m0/s1. The molecule has 0 spiro atoms. The third-order valence-corrected chi connectivity index (χ3v) is 6.24. The second-order valence-electron chi connectivity index (χ2n) is 7.43. The summed E-state index contributed by atoms with van der Waals surface area (Å²) in [6, 6.07) is 12.7. The number of benzene rings is 1. The highest BCUT2D eigenvalue weighted by atomic mass is 32.1. The number of rotatable bonds is 8. The number of amides is 2. The van der Waals surface area contributed by atoms with Crippen LogP contribution in [-0.4, -0.2) is 47.6 Å². The summed E-state index contributed by atoms with van der Waals surface area (Å²) >= 11 is 1.47. The number of ether oxygens (including phenoxy) is 1. The van der Waals surface area contributed by atoms with Crippen LogP contribution in [-0.2, 0) is 9.59 Å². The maximum absolute atomic E-state index is 12.4. The molecular weight excluding hydrogens is 404 g/mol. The smallest absolute Gasteiger partial charge is 0.415 e. The van der Waals surface area contributed by atoms with Gasteiger partial charge < -0.3 is 20.1 Å². The van der Waals surface area contributed by atoms with Gasteiger partial charge in [0.1, 0.15) is 5.75 Å². The summed E-state index contributed by atoms with van der Waals surface area (Å²) in [6.45, 7) is 1.71. The lowest BCUT2D eigenvalue weighted by Crippen LogP contribution is -2.42. The van der Waals surface area contributed by atoms with Gasteiger partial charge in [-0.3, -0.25) is 9.59 Å². The minimum absolute atomic E-state index is 0.0597. The molecule has 2 amide bonds. The van der Waals surface area contributed by atoms with Gasteiger partial charge in [-0.25, -0.2) is 4.79 Å². The molecule has 1 aliphatic heterocycles. The van der Waals surface area contributed by atoms with Crippen LogP contribution in [0.1, 0.15) is 36.5 Å². The van der Waals surface area contributed by atoms with E-state index in [2.05, 4.69) is 5.32 Å². The molecule has 1 aliphatic rings. The van der Waals surface area contributed by atoms with Gasteiger partial charge in [0.2, 0.25) is 5.91 Å². The molecule has 1 saturated heterocycles. The number of aliphatic carboxylic acids is 1. The predicted molar refractivity (Wildman–Crippen MR) is 114 cm³/mol. The number of thiophene rings is 1. The Morgan fingerprint density at radius 1 is 1.10 bits per heavy atom. The molecule has 160 valence electrons. The predicted octanol–water partition coefficient (Wildman–Crippen LogP) is 3.72. The second-order valence-corrected chi connectivity index (χ2v) is 8.41. The van der Waals surface area contributed by atoms with Crippen molar-refractivity contribution >= 4 is 29.3 Å². The first kappa shape index (κ1) is 21.8. The molecule has 1 aromatic heterocycles. The van der Waals surface area contributed by atoms with E-state index in [1.165, 1.54) is 11.3 Å². The molecule has 3 rings (SSSR count). The Morgan fingerprint density at radius 3 is 2.47 bits per heavy atom. The van der Waals surface area contributed by atoms with Gasteiger partial charge in [0.15, 0.2) is 0 Å². The molecule has 30 heavy (non-hydrogen) atoms. The van der Waals surface area contributed by atoms with Crippen molar-refractivity contribution in [3.63, 3.8) is 0 Å². The van der Waals surface area contributed by atoms with E-state index in [-0.39, 0.29) is 36.7 Å². The van der Waals surface area contributed by atoms with Crippen LogP contribution in [0.2, 0.25) is 0 Å². The molecule has 2 heterocycles. The Hall–Kier alpha value is -2.87. The van der Waals surface area contributed by atoms with Crippen molar-refractivity contribution < 1.29 is 24.2 Å². The van der Waals surface area contributed by atoms with Crippen LogP contribution in [0.3, 0.4) is 0 Å². The Labute approximate surface area is 179 Å². The SMILES string of the molecule is O=C(O)C[C@H](CC(=O)NCC1CCN(C(=O)Oc2ccccc2)CC1)c1cccs1. The van der Waals surface area contributed by atoms with Crippen molar-refractivity contribution in [3.05, 3.63) is 52.7 Å². The van der Waals surface area contributed by atoms with Crippen molar-refractivity contribution in [1.29, 1.82) is 0 Å². The average molecular weight is 431 g/mol. The minimum atomic E-state index is -0.907. The average Bonchev–Trinajstić information content (AvgIpc) is 3.27. The monoisotopic (exact) mass is 430 g/mol. The number of carbonyl (C=O) groups is 3. The number of likely N-dealkylation sites (tertiary alicyclic amines) is 1. The van der Waals surface area contributed by atoms with Gasteiger partial charge in [-0.1, -0.05) is 24.3 Å². The van der Waals surface area contributed by atoms with Crippen molar-refractivity contribution in [1.82, 2.24) is 10.2 Å². The van der Waals surface area contributed by atoms with Gasteiger partial charge in [-0.05, 0) is 42.3 Å². The van der Waals surface area contributed by atoms with Crippen molar-refractivity contribution in [2.75, 3.05) is 19.6 Å². The fourth-order valence-corrected chi connectivity index (χ4v) is 4.37. The third kappa shape index (κ3) is 6.59. The quantitative estimate of drug-likeness (QED) is 0.665. The number of nitrogens with one attached hydrogen (secondary N) is 1. The molecule has 0 radical (unpaired) electrons. The van der Waals surface area contributed by atoms with Gasteiger partial charge in [0.25, 0.3) is 0 Å².